The molecule has 1 aromatic heterocycles. The Morgan fingerprint density at radius 2 is 2.12 bits per heavy atom. The molecule has 0 spiro atoms. The number of rotatable bonds is 2. The molecule has 0 fully saturated rings. The lowest BCUT2D eigenvalue weighted by Gasteiger charge is -2.07. The topological polar surface area (TPSA) is 83.8 Å². The third kappa shape index (κ3) is 2.22. The Bertz CT molecular complexity index is 611. The molecule has 2 rings (SSSR count). The maximum Gasteiger partial charge on any atom is 0.276 e. The Balaban J connectivity index is 2.41. The number of H-pyrrole nitrogens is 1. The highest BCUT2D eigenvalue weighted by Crippen LogP contribution is 2.21. The first-order chi connectivity index (χ1) is 8.08. The maximum absolute atomic E-state index is 13.3. The van der Waals surface area contributed by atoms with Gasteiger partial charge >= 0.3 is 0 Å². The fourth-order valence-electron chi connectivity index (χ4n) is 1.23. The van der Waals surface area contributed by atoms with Gasteiger partial charge in [0.15, 0.2) is 5.82 Å². The molecule has 4 N–H and O–H groups in total. The van der Waals surface area contributed by atoms with Gasteiger partial charge in [-0.25, -0.2) is 13.8 Å². The second-order valence-electron chi connectivity index (χ2n) is 3.24. The lowest BCUT2D eigenvalue weighted by Crippen LogP contribution is -2.15. The van der Waals surface area contributed by atoms with Gasteiger partial charge in [-0.2, -0.15) is 0 Å². The van der Waals surface area contributed by atoms with E-state index >= 15 is 0 Å². The van der Waals surface area contributed by atoms with Gasteiger partial charge in [0.05, 0.1) is 12.0 Å². The van der Waals surface area contributed by atoms with Crippen LogP contribution in [0.2, 0.25) is 0 Å². The van der Waals surface area contributed by atoms with Crippen molar-refractivity contribution >= 4 is 17.2 Å². The number of hydrogen-bond acceptors (Lipinski definition) is 4. The van der Waals surface area contributed by atoms with E-state index in [1.807, 2.05) is 0 Å². The molecule has 88 valence electrons. The molecule has 1 aromatic carbocycles. The molecule has 17 heavy (non-hydrogen) atoms. The number of nitrogens with two attached hydrogens (primary N) is 1. The average Bonchev–Trinajstić information content (AvgIpc) is 2.30. The van der Waals surface area contributed by atoms with E-state index in [4.69, 9.17) is 5.73 Å². The van der Waals surface area contributed by atoms with Gasteiger partial charge in [-0.05, 0) is 12.1 Å². The molecule has 0 aliphatic rings. The molecular weight excluding hydrogens is 230 g/mol. The Morgan fingerprint density at radius 1 is 1.35 bits per heavy atom. The molecule has 1 heterocycles. The van der Waals surface area contributed by atoms with Gasteiger partial charge in [-0.3, -0.25) is 4.79 Å². The van der Waals surface area contributed by atoms with Crippen molar-refractivity contribution in [1.29, 1.82) is 0 Å². The Kier molecular flexibility index (Phi) is 2.73. The number of hydrogen-bond donors (Lipinski definition) is 3. The summed E-state index contributed by atoms with van der Waals surface area (Å²) in [6.45, 7) is 0. The first-order valence-corrected chi connectivity index (χ1v) is 4.63. The van der Waals surface area contributed by atoms with Crippen LogP contribution in [0, 0.1) is 11.6 Å². The Labute approximate surface area is 94.3 Å². The molecule has 0 amide bonds. The zero-order valence-electron chi connectivity index (χ0n) is 8.50. The lowest BCUT2D eigenvalue weighted by molar-refractivity contribution is 0.603. The summed E-state index contributed by atoms with van der Waals surface area (Å²) in [7, 11) is 0. The van der Waals surface area contributed by atoms with E-state index in [2.05, 4.69) is 15.3 Å². The SMILES string of the molecule is Nc1c(Nc2cc(F)ccc2F)nc[nH]c1=O. The first kappa shape index (κ1) is 11.1. The van der Waals surface area contributed by atoms with Gasteiger partial charge in [0.1, 0.15) is 17.3 Å². The molecule has 2 aromatic rings. The summed E-state index contributed by atoms with van der Waals surface area (Å²) in [5, 5.41) is 2.45. The summed E-state index contributed by atoms with van der Waals surface area (Å²) in [4.78, 5) is 17.1. The zero-order valence-corrected chi connectivity index (χ0v) is 8.50. The minimum atomic E-state index is -0.673. The molecule has 0 unspecified atom stereocenters. The van der Waals surface area contributed by atoms with E-state index < -0.39 is 17.2 Å². The van der Waals surface area contributed by atoms with Crippen molar-refractivity contribution in [3.05, 3.63) is 46.5 Å². The highest BCUT2D eigenvalue weighted by molar-refractivity contribution is 5.67. The standard InChI is InChI=1S/C10H8F2N4O/c11-5-1-2-6(12)7(3-5)16-9-8(13)10(17)15-4-14-9/h1-4H,13H2,(H2,14,15,16,17). The number of halogens is 2. The predicted molar refractivity (Wildman–Crippen MR) is 58.9 cm³/mol. The molecule has 0 saturated heterocycles. The van der Waals surface area contributed by atoms with Crippen LogP contribution in [0.25, 0.3) is 0 Å². The van der Waals surface area contributed by atoms with Crippen molar-refractivity contribution < 1.29 is 8.78 Å². The molecule has 0 aliphatic carbocycles. The number of anilines is 3. The van der Waals surface area contributed by atoms with Crippen molar-refractivity contribution in [3.63, 3.8) is 0 Å². The van der Waals surface area contributed by atoms with E-state index in [-0.39, 0.29) is 17.2 Å². The summed E-state index contributed by atoms with van der Waals surface area (Å²) >= 11 is 0. The zero-order chi connectivity index (χ0) is 12.4. The summed E-state index contributed by atoms with van der Waals surface area (Å²) < 4.78 is 26.2. The number of aromatic amines is 1. The van der Waals surface area contributed by atoms with E-state index in [1.165, 1.54) is 0 Å². The average molecular weight is 238 g/mol. The van der Waals surface area contributed by atoms with Crippen LogP contribution in [-0.4, -0.2) is 9.97 Å². The molecular formula is C10H8F2N4O. The third-order valence-corrected chi connectivity index (χ3v) is 2.07. The monoisotopic (exact) mass is 238 g/mol. The summed E-state index contributed by atoms with van der Waals surface area (Å²) in [6, 6.07) is 2.88. The van der Waals surface area contributed by atoms with Gasteiger partial charge < -0.3 is 16.0 Å². The second kappa shape index (κ2) is 4.20. The highest BCUT2D eigenvalue weighted by atomic mass is 19.1. The molecule has 7 heteroatoms. The van der Waals surface area contributed by atoms with Crippen LogP contribution < -0.4 is 16.6 Å². The van der Waals surface area contributed by atoms with Crippen molar-refractivity contribution in [3.8, 4) is 0 Å². The minimum Gasteiger partial charge on any atom is -0.391 e. The highest BCUT2D eigenvalue weighted by Gasteiger charge is 2.08. The summed E-state index contributed by atoms with van der Waals surface area (Å²) in [5.41, 5.74) is 4.54. The summed E-state index contributed by atoms with van der Waals surface area (Å²) in [6.07, 6.45) is 1.11. The van der Waals surface area contributed by atoms with Crippen molar-refractivity contribution in [2.75, 3.05) is 11.1 Å². The van der Waals surface area contributed by atoms with Gasteiger partial charge in [0.2, 0.25) is 0 Å². The number of aromatic nitrogens is 2. The molecule has 0 atom stereocenters. The number of benzene rings is 1. The van der Waals surface area contributed by atoms with Crippen LogP contribution in [0.3, 0.4) is 0 Å². The Hall–Kier alpha value is -2.44. The summed E-state index contributed by atoms with van der Waals surface area (Å²) in [5.74, 6) is -1.32. The second-order valence-corrected chi connectivity index (χ2v) is 3.24. The van der Waals surface area contributed by atoms with Crippen LogP contribution in [0.5, 0.6) is 0 Å². The van der Waals surface area contributed by atoms with E-state index in [1.54, 1.807) is 0 Å². The van der Waals surface area contributed by atoms with Gasteiger partial charge in [-0.1, -0.05) is 0 Å². The van der Waals surface area contributed by atoms with E-state index in [0.29, 0.717) is 0 Å². The fraction of sp³-hybridized carbons (Fsp3) is 0. The van der Waals surface area contributed by atoms with Crippen LogP contribution in [0.4, 0.5) is 26.0 Å². The first-order valence-electron chi connectivity index (χ1n) is 4.63. The Morgan fingerprint density at radius 3 is 2.88 bits per heavy atom. The molecule has 5 nitrogen and oxygen atoms in total. The molecule has 0 radical (unpaired) electrons. The largest absolute Gasteiger partial charge is 0.391 e. The molecule has 0 saturated carbocycles. The minimum absolute atomic E-state index is 0.0294. The van der Waals surface area contributed by atoms with E-state index in [9.17, 15) is 13.6 Å². The van der Waals surface area contributed by atoms with Crippen molar-refractivity contribution in [2.24, 2.45) is 0 Å². The number of nitrogens with one attached hydrogen (secondary N) is 2. The smallest absolute Gasteiger partial charge is 0.276 e. The maximum atomic E-state index is 13.3. The number of nitrogens with zero attached hydrogens (tertiary/aromatic N) is 1. The van der Waals surface area contributed by atoms with Crippen LogP contribution in [0.15, 0.2) is 29.3 Å². The third-order valence-electron chi connectivity index (χ3n) is 2.07. The normalized spacial score (nSPS) is 10.2. The van der Waals surface area contributed by atoms with E-state index in [0.717, 1.165) is 24.5 Å². The van der Waals surface area contributed by atoms with Gasteiger partial charge in [-0.15, -0.1) is 0 Å². The molecule has 0 aliphatic heterocycles. The van der Waals surface area contributed by atoms with Crippen LogP contribution in [-0.2, 0) is 0 Å². The van der Waals surface area contributed by atoms with Crippen molar-refractivity contribution in [2.45, 2.75) is 0 Å². The lowest BCUT2D eigenvalue weighted by atomic mass is 10.3. The molecule has 0 bridgehead atoms. The van der Waals surface area contributed by atoms with Crippen molar-refractivity contribution in [1.82, 2.24) is 9.97 Å². The van der Waals surface area contributed by atoms with Crippen LogP contribution >= 0.6 is 0 Å². The quantitative estimate of drug-likeness (QED) is 0.737. The van der Waals surface area contributed by atoms with Crippen LogP contribution in [0.1, 0.15) is 0 Å². The fourth-order valence-corrected chi connectivity index (χ4v) is 1.23. The van der Waals surface area contributed by atoms with Gasteiger partial charge in [0.25, 0.3) is 5.56 Å². The van der Waals surface area contributed by atoms with Gasteiger partial charge in [0, 0.05) is 6.07 Å². The predicted octanol–water partition coefficient (Wildman–Crippen LogP) is 1.37. The number of nitrogen functional groups attached to an aromatic ring is 1.